The summed E-state index contributed by atoms with van der Waals surface area (Å²) in [7, 11) is 1.59. The van der Waals surface area contributed by atoms with E-state index in [0.717, 1.165) is 0 Å². The van der Waals surface area contributed by atoms with Gasteiger partial charge in [-0.25, -0.2) is 0 Å². The first-order valence-corrected chi connectivity index (χ1v) is 5.72. The van der Waals surface area contributed by atoms with E-state index in [9.17, 15) is 5.11 Å². The Morgan fingerprint density at radius 2 is 1.82 bits per heavy atom. The number of aliphatic hydroxyl groups excluding tert-OH is 3. The zero-order valence-corrected chi connectivity index (χ0v) is 10.8. The van der Waals surface area contributed by atoms with E-state index >= 15 is 0 Å². The van der Waals surface area contributed by atoms with Crippen LogP contribution in [0.4, 0.5) is 0 Å². The molecule has 2 atom stereocenters. The van der Waals surface area contributed by atoms with Crippen molar-refractivity contribution in [2.24, 2.45) is 0 Å². The van der Waals surface area contributed by atoms with Gasteiger partial charge < -0.3 is 30.1 Å². The summed E-state index contributed by atoms with van der Waals surface area (Å²) in [5, 5.41) is 30.6. The minimum absolute atomic E-state index is 0.0725. The highest BCUT2D eigenvalue weighted by Crippen LogP contribution is 2.01. The Morgan fingerprint density at radius 1 is 1.24 bits per heavy atom. The lowest BCUT2D eigenvalue weighted by Crippen LogP contribution is -2.52. The van der Waals surface area contributed by atoms with Gasteiger partial charge in [0.05, 0.1) is 44.2 Å². The topological polar surface area (TPSA) is 91.2 Å². The summed E-state index contributed by atoms with van der Waals surface area (Å²) in [4.78, 5) is 0. The zero-order valence-electron chi connectivity index (χ0n) is 10.8. The number of methoxy groups -OCH3 is 1. The molecule has 0 aromatic rings. The van der Waals surface area contributed by atoms with Gasteiger partial charge in [0, 0.05) is 13.7 Å². The maximum absolute atomic E-state index is 9.63. The summed E-state index contributed by atoms with van der Waals surface area (Å²) >= 11 is 0. The van der Waals surface area contributed by atoms with Crippen LogP contribution in [0, 0.1) is 0 Å². The van der Waals surface area contributed by atoms with Crippen LogP contribution in [0.25, 0.3) is 0 Å². The second-order valence-corrected chi connectivity index (χ2v) is 4.51. The van der Waals surface area contributed by atoms with E-state index in [1.54, 1.807) is 14.0 Å². The van der Waals surface area contributed by atoms with Crippen molar-refractivity contribution in [3.05, 3.63) is 0 Å². The van der Waals surface area contributed by atoms with Crippen molar-refractivity contribution in [2.75, 3.05) is 40.1 Å². The monoisotopic (exact) mass is 251 g/mol. The summed E-state index contributed by atoms with van der Waals surface area (Å²) in [6.07, 6.45) is -0.761. The molecule has 0 aromatic carbocycles. The zero-order chi connectivity index (χ0) is 13.3. The number of aliphatic hydroxyl groups is 3. The molecule has 0 rings (SSSR count). The summed E-state index contributed by atoms with van der Waals surface area (Å²) in [5.41, 5.74) is -0.779. The summed E-state index contributed by atoms with van der Waals surface area (Å²) in [6, 6.07) is 0. The van der Waals surface area contributed by atoms with Gasteiger partial charge in [0.2, 0.25) is 0 Å². The van der Waals surface area contributed by atoms with Gasteiger partial charge in [0.1, 0.15) is 0 Å². The van der Waals surface area contributed by atoms with Crippen LogP contribution in [0.5, 0.6) is 0 Å². The Hall–Kier alpha value is -0.240. The molecule has 0 saturated carbocycles. The first-order chi connectivity index (χ1) is 7.97. The largest absolute Gasteiger partial charge is 0.394 e. The summed E-state index contributed by atoms with van der Waals surface area (Å²) in [6.45, 7) is 4.05. The Bertz CT molecular complexity index is 187. The van der Waals surface area contributed by atoms with Crippen molar-refractivity contribution < 1.29 is 24.8 Å². The lowest BCUT2D eigenvalue weighted by atomic mass is 10.1. The molecule has 0 amide bonds. The number of hydrogen-bond donors (Lipinski definition) is 4. The first kappa shape index (κ1) is 16.8. The number of nitrogens with one attached hydrogen (secondary N) is 1. The Balaban J connectivity index is 3.75. The minimum Gasteiger partial charge on any atom is -0.394 e. The normalized spacial score (nSPS) is 15.9. The Morgan fingerprint density at radius 3 is 2.29 bits per heavy atom. The second-order valence-electron chi connectivity index (χ2n) is 4.51. The van der Waals surface area contributed by atoms with Gasteiger partial charge in [-0.1, -0.05) is 0 Å². The van der Waals surface area contributed by atoms with Gasteiger partial charge >= 0.3 is 0 Å². The van der Waals surface area contributed by atoms with Crippen molar-refractivity contribution in [3.63, 3.8) is 0 Å². The molecule has 0 fully saturated rings. The van der Waals surface area contributed by atoms with Gasteiger partial charge in [-0.05, 0) is 13.8 Å². The third kappa shape index (κ3) is 7.64. The number of hydrogen-bond acceptors (Lipinski definition) is 6. The van der Waals surface area contributed by atoms with Crippen LogP contribution in [0.15, 0.2) is 0 Å². The van der Waals surface area contributed by atoms with Gasteiger partial charge in [-0.3, -0.25) is 0 Å². The number of β-amino-alcohol motifs (C(OH)–C–C–N with tert-alkyl or cyclic N) is 1. The molecule has 0 bridgehead atoms. The lowest BCUT2D eigenvalue weighted by molar-refractivity contribution is -0.0343. The molecule has 0 heterocycles. The van der Waals surface area contributed by atoms with Crippen LogP contribution in [0.3, 0.4) is 0 Å². The number of ether oxygens (including phenoxy) is 2. The van der Waals surface area contributed by atoms with Crippen molar-refractivity contribution in [2.45, 2.75) is 31.6 Å². The van der Waals surface area contributed by atoms with Crippen LogP contribution in [0.2, 0.25) is 0 Å². The maximum atomic E-state index is 9.63. The predicted molar refractivity (Wildman–Crippen MR) is 63.9 cm³/mol. The number of rotatable bonds is 10. The van der Waals surface area contributed by atoms with Gasteiger partial charge in [0.15, 0.2) is 0 Å². The third-order valence-electron chi connectivity index (χ3n) is 2.44. The van der Waals surface area contributed by atoms with E-state index in [4.69, 9.17) is 19.7 Å². The highest BCUT2D eigenvalue weighted by molar-refractivity contribution is 4.82. The smallest absolute Gasteiger partial charge is 0.0898 e. The second kappa shape index (κ2) is 8.79. The Labute approximate surface area is 103 Å². The van der Waals surface area contributed by atoms with Crippen LogP contribution < -0.4 is 5.32 Å². The standard InChI is InChI=1S/C11H25NO5/c1-9(5-16-3)17-6-10(15)4-12-11(2,7-13)8-14/h9-10,12-15H,4-8H2,1-3H3. The highest BCUT2D eigenvalue weighted by atomic mass is 16.5. The quantitative estimate of drug-likeness (QED) is 0.387. The predicted octanol–water partition coefficient (Wildman–Crippen LogP) is -1.27. The van der Waals surface area contributed by atoms with Crippen molar-refractivity contribution in [1.29, 1.82) is 0 Å². The molecule has 0 radical (unpaired) electrons. The fraction of sp³-hybridized carbons (Fsp3) is 1.00. The molecule has 0 aromatic heterocycles. The van der Waals surface area contributed by atoms with Crippen LogP contribution in [-0.4, -0.2) is 73.1 Å². The molecule has 17 heavy (non-hydrogen) atoms. The van der Waals surface area contributed by atoms with Gasteiger partial charge in [0.25, 0.3) is 0 Å². The molecule has 6 nitrogen and oxygen atoms in total. The molecule has 104 valence electrons. The maximum Gasteiger partial charge on any atom is 0.0898 e. The molecule has 0 aliphatic rings. The molecule has 2 unspecified atom stereocenters. The van der Waals surface area contributed by atoms with E-state index in [2.05, 4.69) is 5.32 Å². The fourth-order valence-corrected chi connectivity index (χ4v) is 1.14. The van der Waals surface area contributed by atoms with Crippen molar-refractivity contribution >= 4 is 0 Å². The Kier molecular flexibility index (Phi) is 8.67. The average molecular weight is 251 g/mol. The minimum atomic E-state index is -0.779. The van der Waals surface area contributed by atoms with E-state index in [1.807, 2.05) is 6.92 Å². The van der Waals surface area contributed by atoms with Gasteiger partial charge in [-0.2, -0.15) is 0 Å². The molecule has 0 spiro atoms. The van der Waals surface area contributed by atoms with Gasteiger partial charge in [-0.15, -0.1) is 0 Å². The molecule has 0 aliphatic carbocycles. The molecular formula is C11H25NO5. The van der Waals surface area contributed by atoms with Crippen molar-refractivity contribution in [1.82, 2.24) is 5.32 Å². The molecular weight excluding hydrogens is 226 g/mol. The van der Waals surface area contributed by atoms with E-state index in [1.165, 1.54) is 0 Å². The third-order valence-corrected chi connectivity index (χ3v) is 2.44. The van der Waals surface area contributed by atoms with Crippen LogP contribution in [0.1, 0.15) is 13.8 Å². The summed E-state index contributed by atoms with van der Waals surface area (Å²) in [5.74, 6) is 0. The van der Waals surface area contributed by atoms with E-state index in [-0.39, 0.29) is 32.5 Å². The lowest BCUT2D eigenvalue weighted by Gasteiger charge is -2.27. The average Bonchev–Trinajstić information content (AvgIpc) is 2.34. The fourth-order valence-electron chi connectivity index (χ4n) is 1.14. The van der Waals surface area contributed by atoms with Crippen molar-refractivity contribution in [3.8, 4) is 0 Å². The van der Waals surface area contributed by atoms with E-state index in [0.29, 0.717) is 6.61 Å². The SMILES string of the molecule is COCC(C)OCC(O)CNC(C)(CO)CO. The van der Waals surface area contributed by atoms with E-state index < -0.39 is 11.6 Å². The highest BCUT2D eigenvalue weighted by Gasteiger charge is 2.22. The van der Waals surface area contributed by atoms with Crippen LogP contribution in [-0.2, 0) is 9.47 Å². The molecule has 4 N–H and O–H groups in total. The molecule has 0 saturated heterocycles. The summed E-state index contributed by atoms with van der Waals surface area (Å²) < 4.78 is 10.2. The first-order valence-electron chi connectivity index (χ1n) is 5.72. The van der Waals surface area contributed by atoms with Crippen LogP contribution >= 0.6 is 0 Å². The molecule has 0 aliphatic heterocycles. The molecule has 6 heteroatoms.